The highest BCUT2D eigenvalue weighted by Crippen LogP contribution is 2.26. The lowest BCUT2D eigenvalue weighted by atomic mass is 10.2. The molecule has 1 fully saturated rings. The minimum atomic E-state index is -3.52. The molecule has 3 rings (SSSR count). The van der Waals surface area contributed by atoms with Crippen LogP contribution >= 0.6 is 23.2 Å². The maximum atomic E-state index is 12.7. The molecular weight excluding hydrogens is 367 g/mol. The summed E-state index contributed by atoms with van der Waals surface area (Å²) in [4.78, 5) is 1.59. The van der Waals surface area contributed by atoms with Gasteiger partial charge in [-0.05, 0) is 18.2 Å². The number of quaternary nitrogens is 1. The molecule has 0 atom stereocenters. The Kier molecular flexibility index (Phi) is 5.47. The van der Waals surface area contributed by atoms with E-state index in [1.807, 2.05) is 18.2 Å². The number of piperazine rings is 1. The zero-order valence-corrected chi connectivity index (χ0v) is 15.4. The first-order valence-corrected chi connectivity index (χ1v) is 9.99. The van der Waals surface area contributed by atoms with Crippen molar-refractivity contribution in [2.24, 2.45) is 0 Å². The molecule has 1 aliphatic heterocycles. The first kappa shape index (κ1) is 17.7. The molecule has 2 aromatic carbocycles. The molecule has 0 unspecified atom stereocenters. The van der Waals surface area contributed by atoms with Gasteiger partial charge in [-0.1, -0.05) is 53.5 Å². The summed E-state index contributed by atoms with van der Waals surface area (Å²) in [6.45, 7) is 3.50. The number of benzene rings is 2. The van der Waals surface area contributed by atoms with Crippen LogP contribution in [-0.2, 0) is 16.6 Å². The molecule has 2 aromatic rings. The van der Waals surface area contributed by atoms with Crippen LogP contribution in [0.3, 0.4) is 0 Å². The Bertz CT molecular complexity index is 805. The van der Waals surface area contributed by atoms with Crippen LogP contribution in [0.25, 0.3) is 0 Å². The Morgan fingerprint density at radius 2 is 1.62 bits per heavy atom. The van der Waals surface area contributed by atoms with Crippen molar-refractivity contribution in [2.45, 2.75) is 11.4 Å². The predicted octanol–water partition coefficient (Wildman–Crippen LogP) is 2.08. The van der Waals surface area contributed by atoms with Gasteiger partial charge in [-0.3, -0.25) is 0 Å². The van der Waals surface area contributed by atoms with Crippen LogP contribution in [0.5, 0.6) is 0 Å². The fourth-order valence-electron chi connectivity index (χ4n) is 2.89. The molecule has 24 heavy (non-hydrogen) atoms. The molecular formula is C17H19Cl2N2O2S+. The third-order valence-corrected chi connectivity index (χ3v) is 6.89. The topological polar surface area (TPSA) is 41.8 Å². The van der Waals surface area contributed by atoms with Crippen molar-refractivity contribution < 1.29 is 13.3 Å². The molecule has 0 amide bonds. The van der Waals surface area contributed by atoms with Gasteiger partial charge in [0.2, 0.25) is 10.0 Å². The van der Waals surface area contributed by atoms with Crippen molar-refractivity contribution in [3.63, 3.8) is 0 Å². The number of nitrogens with one attached hydrogen (secondary N) is 1. The number of sulfonamides is 1. The molecule has 0 aliphatic carbocycles. The smallest absolute Gasteiger partial charge is 0.243 e. The fourth-order valence-corrected chi connectivity index (χ4v) is 4.72. The van der Waals surface area contributed by atoms with Crippen molar-refractivity contribution >= 4 is 33.2 Å². The monoisotopic (exact) mass is 385 g/mol. The second-order valence-corrected chi connectivity index (χ2v) is 8.64. The molecule has 0 bridgehead atoms. The molecule has 0 radical (unpaired) electrons. The molecule has 7 heteroatoms. The molecule has 1 N–H and O–H groups in total. The van der Waals surface area contributed by atoms with Gasteiger partial charge in [0.05, 0.1) is 41.1 Å². The fraction of sp³-hybridized carbons (Fsp3) is 0.294. The summed E-state index contributed by atoms with van der Waals surface area (Å²) in [5.74, 6) is 0. The first-order valence-electron chi connectivity index (χ1n) is 7.79. The average Bonchev–Trinajstić information content (AvgIpc) is 2.58. The lowest BCUT2D eigenvalue weighted by Gasteiger charge is -2.31. The first-order chi connectivity index (χ1) is 11.5. The van der Waals surface area contributed by atoms with Gasteiger partial charge in [0.1, 0.15) is 6.54 Å². The lowest BCUT2D eigenvalue weighted by molar-refractivity contribution is -0.917. The molecule has 0 saturated carbocycles. The van der Waals surface area contributed by atoms with Crippen molar-refractivity contribution in [3.8, 4) is 0 Å². The highest BCUT2D eigenvalue weighted by Gasteiger charge is 2.30. The van der Waals surface area contributed by atoms with Crippen LogP contribution in [0.15, 0.2) is 53.4 Å². The summed E-state index contributed by atoms with van der Waals surface area (Å²) in [6, 6.07) is 14.7. The van der Waals surface area contributed by atoms with E-state index in [4.69, 9.17) is 23.2 Å². The Morgan fingerprint density at radius 1 is 0.958 bits per heavy atom. The summed E-state index contributed by atoms with van der Waals surface area (Å²) in [5.41, 5.74) is 1.27. The summed E-state index contributed by atoms with van der Waals surface area (Å²) >= 11 is 11.8. The number of hydrogen-bond donors (Lipinski definition) is 1. The molecule has 4 nitrogen and oxygen atoms in total. The van der Waals surface area contributed by atoms with Crippen LogP contribution in [-0.4, -0.2) is 38.9 Å². The molecule has 128 valence electrons. The third-order valence-electron chi connectivity index (χ3n) is 4.26. The van der Waals surface area contributed by atoms with Gasteiger partial charge < -0.3 is 4.90 Å². The number of rotatable bonds is 4. The lowest BCUT2D eigenvalue weighted by Crippen LogP contribution is -3.13. The molecule has 1 aliphatic rings. The molecule has 0 spiro atoms. The van der Waals surface area contributed by atoms with Crippen molar-refractivity contribution in [1.82, 2.24) is 4.31 Å². The average molecular weight is 386 g/mol. The van der Waals surface area contributed by atoms with Crippen LogP contribution in [0.4, 0.5) is 0 Å². The SMILES string of the molecule is O=S(=O)(c1ccc(Cl)c(Cl)c1)N1CC[NH+](Cc2ccccc2)CC1. The Morgan fingerprint density at radius 3 is 2.25 bits per heavy atom. The maximum absolute atomic E-state index is 12.7. The standard InChI is InChI=1S/C17H18Cl2N2O2S/c18-16-7-6-15(12-17(16)19)24(22,23)21-10-8-20(9-11-21)13-14-4-2-1-3-5-14/h1-7,12H,8-11,13H2/p+1. The van der Waals surface area contributed by atoms with Gasteiger partial charge in [-0.15, -0.1) is 0 Å². The van der Waals surface area contributed by atoms with Gasteiger partial charge in [0.15, 0.2) is 0 Å². The summed E-state index contributed by atoms with van der Waals surface area (Å²) in [7, 11) is -3.52. The van der Waals surface area contributed by atoms with E-state index in [-0.39, 0.29) is 9.92 Å². The Balaban J connectivity index is 1.66. The molecule has 0 aromatic heterocycles. The zero-order chi connectivity index (χ0) is 17.2. The predicted molar refractivity (Wildman–Crippen MR) is 96.1 cm³/mol. The van der Waals surface area contributed by atoms with Gasteiger partial charge in [-0.25, -0.2) is 8.42 Å². The van der Waals surface area contributed by atoms with E-state index >= 15 is 0 Å². The molecule has 1 saturated heterocycles. The Hall–Kier alpha value is -1.11. The summed E-state index contributed by atoms with van der Waals surface area (Å²) in [5, 5.41) is 0.610. The van der Waals surface area contributed by atoms with E-state index in [0.29, 0.717) is 18.1 Å². The Labute approximate surface area is 152 Å². The molecule has 1 heterocycles. The van der Waals surface area contributed by atoms with E-state index < -0.39 is 10.0 Å². The zero-order valence-electron chi connectivity index (χ0n) is 13.1. The van der Waals surface area contributed by atoms with Crippen molar-refractivity contribution in [3.05, 3.63) is 64.1 Å². The van der Waals surface area contributed by atoms with Gasteiger partial charge in [0, 0.05) is 5.56 Å². The van der Waals surface area contributed by atoms with E-state index in [1.165, 1.54) is 33.0 Å². The van der Waals surface area contributed by atoms with Crippen LogP contribution < -0.4 is 4.90 Å². The second kappa shape index (κ2) is 7.42. The maximum Gasteiger partial charge on any atom is 0.243 e. The summed E-state index contributed by atoms with van der Waals surface area (Å²) < 4.78 is 27.0. The number of nitrogens with zero attached hydrogens (tertiary/aromatic N) is 1. The van der Waals surface area contributed by atoms with E-state index in [1.54, 1.807) is 0 Å². The van der Waals surface area contributed by atoms with Crippen LogP contribution in [0, 0.1) is 0 Å². The normalized spacial score (nSPS) is 17.1. The highest BCUT2D eigenvalue weighted by molar-refractivity contribution is 7.89. The second-order valence-electron chi connectivity index (χ2n) is 5.89. The number of hydrogen-bond acceptors (Lipinski definition) is 2. The van der Waals surface area contributed by atoms with E-state index in [2.05, 4.69) is 12.1 Å². The van der Waals surface area contributed by atoms with Gasteiger partial charge >= 0.3 is 0 Å². The minimum absolute atomic E-state index is 0.198. The quantitative estimate of drug-likeness (QED) is 0.875. The van der Waals surface area contributed by atoms with Crippen LogP contribution in [0.2, 0.25) is 10.0 Å². The van der Waals surface area contributed by atoms with Gasteiger partial charge in [0.25, 0.3) is 0 Å². The van der Waals surface area contributed by atoms with Gasteiger partial charge in [-0.2, -0.15) is 4.31 Å². The third kappa shape index (κ3) is 3.92. The number of halogens is 2. The van der Waals surface area contributed by atoms with Crippen molar-refractivity contribution in [2.75, 3.05) is 26.2 Å². The summed E-state index contributed by atoms with van der Waals surface area (Å²) in [6.07, 6.45) is 0. The minimum Gasteiger partial charge on any atom is -0.329 e. The highest BCUT2D eigenvalue weighted by atomic mass is 35.5. The largest absolute Gasteiger partial charge is 0.329 e. The van der Waals surface area contributed by atoms with Crippen molar-refractivity contribution in [1.29, 1.82) is 0 Å². The van der Waals surface area contributed by atoms with E-state index in [0.717, 1.165) is 19.6 Å². The van der Waals surface area contributed by atoms with Crippen LogP contribution in [0.1, 0.15) is 5.56 Å². The van der Waals surface area contributed by atoms with E-state index in [9.17, 15) is 8.42 Å².